The van der Waals surface area contributed by atoms with Gasteiger partial charge >= 0.3 is 0 Å². The van der Waals surface area contributed by atoms with Crippen molar-refractivity contribution in [3.05, 3.63) is 64.2 Å². The minimum atomic E-state index is -0.487. The summed E-state index contributed by atoms with van der Waals surface area (Å²) in [6.07, 6.45) is 2.36. The minimum Gasteiger partial charge on any atom is -0.490 e. The molecular formula is C23H26ClF2NO. The Hall–Kier alpha value is -1.65. The van der Waals surface area contributed by atoms with E-state index in [0.717, 1.165) is 31.0 Å². The van der Waals surface area contributed by atoms with E-state index in [0.29, 0.717) is 29.7 Å². The molecular weight excluding hydrogens is 380 g/mol. The molecule has 2 aromatic carbocycles. The molecule has 0 radical (unpaired) electrons. The second-order valence-corrected chi connectivity index (χ2v) is 8.61. The van der Waals surface area contributed by atoms with E-state index in [4.69, 9.17) is 16.3 Å². The van der Waals surface area contributed by atoms with Crippen molar-refractivity contribution < 1.29 is 13.5 Å². The van der Waals surface area contributed by atoms with E-state index in [1.54, 1.807) is 0 Å². The molecule has 1 heterocycles. The summed E-state index contributed by atoms with van der Waals surface area (Å²) in [5.41, 5.74) is 1.01. The Bertz CT molecular complexity index is 856. The van der Waals surface area contributed by atoms with E-state index in [1.165, 1.54) is 6.07 Å². The molecule has 1 aliphatic carbocycles. The fourth-order valence-corrected chi connectivity index (χ4v) is 5.53. The molecule has 150 valence electrons. The third-order valence-corrected chi connectivity index (χ3v) is 7.00. The maximum Gasteiger partial charge on any atom is 0.165 e. The highest BCUT2D eigenvalue weighted by molar-refractivity contribution is 6.30. The van der Waals surface area contributed by atoms with Gasteiger partial charge in [-0.3, -0.25) is 0 Å². The molecule has 0 unspecified atom stereocenters. The summed E-state index contributed by atoms with van der Waals surface area (Å²) in [6.45, 7) is 5.61. The van der Waals surface area contributed by atoms with Gasteiger partial charge in [-0.1, -0.05) is 37.6 Å². The molecule has 4 atom stereocenters. The van der Waals surface area contributed by atoms with Crippen molar-refractivity contribution in [1.29, 1.82) is 0 Å². The van der Waals surface area contributed by atoms with Crippen LogP contribution >= 0.6 is 11.6 Å². The minimum absolute atomic E-state index is 0.0966. The highest BCUT2D eigenvalue weighted by atomic mass is 35.5. The number of halogens is 3. The second-order valence-electron chi connectivity index (χ2n) is 8.17. The standard InChI is InChI=1S/C23H26ClF2NO/c1-3-27-20-10-11-23(12-15-4-6-16(24)7-5-15)17(14(20)2)13-28-22-19(26)9-8-18(25)21(22)23/h4-9,14,17,20,27H,3,10-13H2,1-2H3/t14-,17-,20+,23-/m0/s1. The lowest BCUT2D eigenvalue weighted by atomic mass is 9.54. The summed E-state index contributed by atoms with van der Waals surface area (Å²) >= 11 is 6.06. The first-order valence-corrected chi connectivity index (χ1v) is 10.4. The van der Waals surface area contributed by atoms with Crippen molar-refractivity contribution in [3.8, 4) is 5.75 Å². The van der Waals surface area contributed by atoms with Gasteiger partial charge in [0.25, 0.3) is 0 Å². The van der Waals surface area contributed by atoms with Gasteiger partial charge in [0.1, 0.15) is 5.82 Å². The van der Waals surface area contributed by atoms with Crippen molar-refractivity contribution in [3.63, 3.8) is 0 Å². The summed E-state index contributed by atoms with van der Waals surface area (Å²) in [5, 5.41) is 4.24. The molecule has 28 heavy (non-hydrogen) atoms. The third kappa shape index (κ3) is 3.21. The molecule has 0 saturated heterocycles. The van der Waals surface area contributed by atoms with Crippen LogP contribution in [-0.2, 0) is 11.8 Å². The van der Waals surface area contributed by atoms with Crippen LogP contribution in [0, 0.1) is 23.5 Å². The quantitative estimate of drug-likeness (QED) is 0.723. The Kier molecular flexibility index (Phi) is 5.36. The van der Waals surface area contributed by atoms with Gasteiger partial charge in [-0.15, -0.1) is 0 Å². The Morgan fingerprint density at radius 1 is 1.14 bits per heavy atom. The van der Waals surface area contributed by atoms with Crippen LogP contribution in [0.1, 0.15) is 37.8 Å². The van der Waals surface area contributed by atoms with Gasteiger partial charge in [-0.2, -0.15) is 0 Å². The molecule has 1 saturated carbocycles. The maximum absolute atomic E-state index is 15.1. The van der Waals surface area contributed by atoms with Crippen molar-refractivity contribution in [1.82, 2.24) is 5.32 Å². The van der Waals surface area contributed by atoms with Crippen LogP contribution in [-0.4, -0.2) is 19.2 Å². The summed E-state index contributed by atoms with van der Waals surface area (Å²) in [7, 11) is 0. The van der Waals surface area contributed by atoms with E-state index in [-0.39, 0.29) is 23.4 Å². The van der Waals surface area contributed by atoms with Crippen molar-refractivity contribution >= 4 is 11.6 Å². The molecule has 2 nitrogen and oxygen atoms in total. The number of nitrogens with one attached hydrogen (secondary N) is 1. The van der Waals surface area contributed by atoms with Crippen molar-refractivity contribution in [2.45, 2.75) is 44.6 Å². The molecule has 1 aliphatic heterocycles. The van der Waals surface area contributed by atoms with E-state index in [2.05, 4.69) is 19.2 Å². The molecule has 0 aromatic heterocycles. The lowest BCUT2D eigenvalue weighted by Crippen LogP contribution is -2.56. The van der Waals surface area contributed by atoms with Gasteiger partial charge in [-0.05, 0) is 61.6 Å². The van der Waals surface area contributed by atoms with Gasteiger partial charge in [0.05, 0.1) is 6.61 Å². The molecule has 2 aliphatic rings. The van der Waals surface area contributed by atoms with Crippen LogP contribution in [0.2, 0.25) is 5.02 Å². The molecule has 5 heteroatoms. The topological polar surface area (TPSA) is 21.3 Å². The first-order valence-electron chi connectivity index (χ1n) is 10.1. The third-order valence-electron chi connectivity index (χ3n) is 6.74. The van der Waals surface area contributed by atoms with Crippen molar-refractivity contribution in [2.75, 3.05) is 13.2 Å². The zero-order valence-electron chi connectivity index (χ0n) is 16.3. The molecule has 0 bridgehead atoms. The van der Waals surface area contributed by atoms with E-state index < -0.39 is 11.2 Å². The molecule has 2 aromatic rings. The van der Waals surface area contributed by atoms with Crippen LogP contribution in [0.5, 0.6) is 5.75 Å². The normalized spacial score (nSPS) is 29.0. The Labute approximate surface area is 170 Å². The Balaban J connectivity index is 1.83. The predicted molar refractivity (Wildman–Crippen MR) is 108 cm³/mol. The first kappa shape index (κ1) is 19.7. The molecule has 0 amide bonds. The fourth-order valence-electron chi connectivity index (χ4n) is 5.40. The molecule has 0 spiro atoms. The SMILES string of the molecule is CCN[C@@H]1CC[C@@]2(Cc3ccc(Cl)cc3)c3c(F)ccc(F)c3OC[C@H]2[C@@H]1C. The number of ether oxygens (including phenoxy) is 1. The fraction of sp³-hybridized carbons (Fsp3) is 0.478. The zero-order chi connectivity index (χ0) is 19.9. The molecule has 4 rings (SSSR count). The summed E-state index contributed by atoms with van der Waals surface area (Å²) in [6, 6.07) is 10.5. The number of hydrogen-bond donors (Lipinski definition) is 1. The molecule has 1 fully saturated rings. The average molecular weight is 406 g/mol. The van der Waals surface area contributed by atoms with Crippen LogP contribution in [0.3, 0.4) is 0 Å². The van der Waals surface area contributed by atoms with Gasteiger partial charge in [0.15, 0.2) is 11.6 Å². The van der Waals surface area contributed by atoms with E-state index >= 15 is 4.39 Å². The number of rotatable bonds is 4. The predicted octanol–water partition coefficient (Wildman–Crippen LogP) is 5.52. The number of benzene rings is 2. The average Bonchev–Trinajstić information content (AvgIpc) is 2.69. The van der Waals surface area contributed by atoms with E-state index in [9.17, 15) is 4.39 Å². The Morgan fingerprint density at radius 3 is 2.57 bits per heavy atom. The van der Waals surface area contributed by atoms with Crippen molar-refractivity contribution in [2.24, 2.45) is 11.8 Å². The zero-order valence-corrected chi connectivity index (χ0v) is 17.0. The summed E-state index contributed by atoms with van der Waals surface area (Å²) < 4.78 is 35.5. The van der Waals surface area contributed by atoms with Crippen LogP contribution in [0.4, 0.5) is 8.78 Å². The highest BCUT2D eigenvalue weighted by Gasteiger charge is 2.53. The summed E-state index contributed by atoms with van der Waals surface area (Å²) in [5.74, 6) is -0.364. The first-order chi connectivity index (χ1) is 13.5. The van der Waals surface area contributed by atoms with Gasteiger partial charge in [0, 0.05) is 28.0 Å². The van der Waals surface area contributed by atoms with E-state index in [1.807, 2.05) is 24.3 Å². The maximum atomic E-state index is 15.1. The van der Waals surface area contributed by atoms with Gasteiger partial charge in [-0.25, -0.2) is 8.78 Å². The lowest BCUT2D eigenvalue weighted by Gasteiger charge is -2.53. The smallest absolute Gasteiger partial charge is 0.165 e. The monoisotopic (exact) mass is 405 g/mol. The lowest BCUT2D eigenvalue weighted by molar-refractivity contribution is 0.0217. The van der Waals surface area contributed by atoms with Gasteiger partial charge < -0.3 is 10.1 Å². The second kappa shape index (κ2) is 7.64. The van der Waals surface area contributed by atoms with Crippen LogP contribution in [0.15, 0.2) is 36.4 Å². The molecule has 1 N–H and O–H groups in total. The van der Waals surface area contributed by atoms with Gasteiger partial charge in [0.2, 0.25) is 0 Å². The summed E-state index contributed by atoms with van der Waals surface area (Å²) in [4.78, 5) is 0. The van der Waals surface area contributed by atoms with Crippen LogP contribution in [0.25, 0.3) is 0 Å². The number of hydrogen-bond acceptors (Lipinski definition) is 2. The number of fused-ring (bicyclic) bond motifs is 3. The Morgan fingerprint density at radius 2 is 1.86 bits per heavy atom. The highest BCUT2D eigenvalue weighted by Crippen LogP contribution is 2.55. The largest absolute Gasteiger partial charge is 0.490 e. The van der Waals surface area contributed by atoms with Crippen LogP contribution < -0.4 is 10.1 Å².